The molecule has 0 unspecified atom stereocenters. The Hall–Kier alpha value is -3.13. The van der Waals surface area contributed by atoms with E-state index in [-0.39, 0.29) is 6.79 Å². The van der Waals surface area contributed by atoms with Crippen molar-refractivity contribution in [2.75, 3.05) is 12.1 Å². The van der Waals surface area contributed by atoms with E-state index in [2.05, 4.69) is 20.4 Å². The number of nitrogens with zero attached hydrogens (tertiary/aromatic N) is 4. The highest BCUT2D eigenvalue weighted by Crippen LogP contribution is 2.33. The van der Waals surface area contributed by atoms with Crippen LogP contribution in [0.25, 0.3) is 16.2 Å². The lowest BCUT2D eigenvalue weighted by atomic mass is 10.2. The quantitative estimate of drug-likeness (QED) is 0.609. The molecule has 5 rings (SSSR count). The summed E-state index contributed by atoms with van der Waals surface area (Å²) in [5.41, 5.74) is 3.09. The number of fused-ring (bicyclic) bond motifs is 2. The van der Waals surface area contributed by atoms with Gasteiger partial charge >= 0.3 is 0 Å². The molecule has 0 amide bonds. The lowest BCUT2D eigenvalue weighted by Crippen LogP contribution is -2.00. The van der Waals surface area contributed by atoms with E-state index in [1.54, 1.807) is 12.4 Å². The molecule has 1 aliphatic rings. The zero-order valence-electron chi connectivity index (χ0n) is 13.0. The zero-order chi connectivity index (χ0) is 16.6. The number of benzene rings is 1. The molecule has 4 aromatic rings. The number of ether oxygens (including phenoxy) is 2. The molecule has 3 aromatic heterocycles. The summed E-state index contributed by atoms with van der Waals surface area (Å²) in [6, 6.07) is 9.82. The third-order valence-electron chi connectivity index (χ3n) is 3.94. The van der Waals surface area contributed by atoms with E-state index in [9.17, 15) is 0 Å². The van der Waals surface area contributed by atoms with Gasteiger partial charge in [-0.15, -0.1) is 5.10 Å². The Bertz CT molecular complexity index is 1040. The largest absolute Gasteiger partial charge is 0.454 e. The van der Waals surface area contributed by atoms with Crippen molar-refractivity contribution in [2.24, 2.45) is 0 Å². The number of pyridine rings is 1. The summed E-state index contributed by atoms with van der Waals surface area (Å²) in [6.45, 7) is 0.936. The molecule has 1 aliphatic heterocycles. The van der Waals surface area contributed by atoms with E-state index >= 15 is 0 Å². The second-order valence-electron chi connectivity index (χ2n) is 5.52. The minimum Gasteiger partial charge on any atom is -0.454 e. The van der Waals surface area contributed by atoms with Crippen LogP contribution in [0.2, 0.25) is 0 Å². The molecule has 4 heterocycles. The van der Waals surface area contributed by atoms with Gasteiger partial charge in [-0.25, -0.2) is 9.50 Å². The van der Waals surface area contributed by atoms with Crippen molar-refractivity contribution >= 4 is 21.4 Å². The van der Waals surface area contributed by atoms with Crippen LogP contribution < -0.4 is 14.8 Å². The number of nitrogens with one attached hydrogen (secondary N) is 1. The zero-order valence-corrected chi connectivity index (χ0v) is 13.9. The number of aromatic nitrogens is 4. The minimum absolute atomic E-state index is 0.285. The third kappa shape index (κ3) is 2.56. The minimum atomic E-state index is 0.285. The molecular weight excluding hydrogens is 338 g/mol. The Morgan fingerprint density at radius 2 is 2.00 bits per heavy atom. The van der Waals surface area contributed by atoms with E-state index in [4.69, 9.17) is 9.47 Å². The molecule has 0 spiro atoms. The molecule has 0 aliphatic carbocycles. The molecule has 0 fully saturated rings. The Morgan fingerprint density at radius 1 is 1.12 bits per heavy atom. The Balaban J connectivity index is 1.38. The van der Waals surface area contributed by atoms with Crippen LogP contribution in [0.4, 0.5) is 5.13 Å². The maximum atomic E-state index is 5.41. The first-order valence-electron chi connectivity index (χ1n) is 7.74. The van der Waals surface area contributed by atoms with Crippen molar-refractivity contribution in [3.8, 4) is 22.8 Å². The van der Waals surface area contributed by atoms with E-state index in [0.717, 1.165) is 38.4 Å². The van der Waals surface area contributed by atoms with Gasteiger partial charge in [0.05, 0.1) is 11.9 Å². The SMILES string of the molecule is c1cc(-c2cnc3sc(NCc4ccc5c(c4)OCO5)nn23)ccn1. The topological polar surface area (TPSA) is 73.6 Å². The van der Waals surface area contributed by atoms with Crippen LogP contribution in [-0.4, -0.2) is 26.4 Å². The maximum absolute atomic E-state index is 5.41. The summed E-state index contributed by atoms with van der Waals surface area (Å²) in [5, 5.41) is 8.78. The van der Waals surface area contributed by atoms with Gasteiger partial charge in [-0.2, -0.15) is 0 Å². The van der Waals surface area contributed by atoms with Crippen LogP contribution in [0.3, 0.4) is 0 Å². The monoisotopic (exact) mass is 351 g/mol. The van der Waals surface area contributed by atoms with Gasteiger partial charge in [0.2, 0.25) is 16.9 Å². The van der Waals surface area contributed by atoms with E-state index in [1.807, 2.05) is 41.0 Å². The molecular formula is C17H13N5O2S. The third-order valence-corrected chi connectivity index (χ3v) is 4.82. The van der Waals surface area contributed by atoms with Gasteiger partial charge in [0.1, 0.15) is 0 Å². The molecule has 0 atom stereocenters. The first kappa shape index (κ1) is 14.2. The van der Waals surface area contributed by atoms with Crippen LogP contribution in [-0.2, 0) is 6.54 Å². The summed E-state index contributed by atoms with van der Waals surface area (Å²) in [5.74, 6) is 1.58. The molecule has 1 aromatic carbocycles. The van der Waals surface area contributed by atoms with E-state index in [1.165, 1.54) is 11.3 Å². The van der Waals surface area contributed by atoms with Crippen molar-refractivity contribution in [1.82, 2.24) is 19.6 Å². The Morgan fingerprint density at radius 3 is 2.92 bits per heavy atom. The number of rotatable bonds is 4. The molecule has 7 nitrogen and oxygen atoms in total. The smallest absolute Gasteiger partial charge is 0.231 e. The van der Waals surface area contributed by atoms with Gasteiger partial charge in [0.15, 0.2) is 11.5 Å². The fraction of sp³-hybridized carbons (Fsp3) is 0.118. The molecule has 0 saturated heterocycles. The fourth-order valence-corrected chi connectivity index (χ4v) is 3.48. The molecule has 0 bridgehead atoms. The second kappa shape index (κ2) is 5.75. The first-order valence-corrected chi connectivity index (χ1v) is 8.56. The highest BCUT2D eigenvalue weighted by atomic mass is 32.1. The van der Waals surface area contributed by atoms with Crippen LogP contribution in [0.5, 0.6) is 11.5 Å². The summed E-state index contributed by atoms with van der Waals surface area (Å²) < 4.78 is 12.6. The summed E-state index contributed by atoms with van der Waals surface area (Å²) in [7, 11) is 0. The number of hydrogen-bond acceptors (Lipinski definition) is 7. The van der Waals surface area contributed by atoms with Crippen LogP contribution in [0.1, 0.15) is 5.56 Å². The maximum Gasteiger partial charge on any atom is 0.231 e. The average Bonchev–Trinajstić information content (AvgIpc) is 3.35. The van der Waals surface area contributed by atoms with E-state index in [0.29, 0.717) is 6.54 Å². The number of hydrogen-bond donors (Lipinski definition) is 1. The Kier molecular flexibility index (Phi) is 3.27. The molecule has 25 heavy (non-hydrogen) atoms. The van der Waals surface area contributed by atoms with Crippen molar-refractivity contribution in [3.05, 3.63) is 54.5 Å². The standard InChI is InChI=1S/C17H13N5O2S/c1-2-14-15(24-10-23-14)7-11(1)8-19-16-21-22-13(9-20-17(22)25-16)12-3-5-18-6-4-12/h1-7,9H,8,10H2,(H,19,21). The van der Waals surface area contributed by atoms with Gasteiger partial charge in [-0.1, -0.05) is 17.4 Å². The molecule has 0 radical (unpaired) electrons. The average molecular weight is 351 g/mol. The summed E-state index contributed by atoms with van der Waals surface area (Å²) in [6.07, 6.45) is 5.36. The predicted octanol–water partition coefficient (Wildman–Crippen LogP) is 3.19. The van der Waals surface area contributed by atoms with Crippen molar-refractivity contribution in [3.63, 3.8) is 0 Å². The van der Waals surface area contributed by atoms with Crippen LogP contribution in [0, 0.1) is 0 Å². The number of anilines is 1. The van der Waals surface area contributed by atoms with Gasteiger partial charge in [0.25, 0.3) is 0 Å². The lowest BCUT2D eigenvalue weighted by Gasteiger charge is -2.04. The molecule has 124 valence electrons. The highest BCUT2D eigenvalue weighted by Gasteiger charge is 2.14. The van der Waals surface area contributed by atoms with Gasteiger partial charge in [0, 0.05) is 24.5 Å². The summed E-state index contributed by atoms with van der Waals surface area (Å²) in [4.78, 5) is 9.34. The normalized spacial score (nSPS) is 12.6. The van der Waals surface area contributed by atoms with Gasteiger partial charge in [-0.05, 0) is 29.8 Å². The van der Waals surface area contributed by atoms with Gasteiger partial charge < -0.3 is 14.8 Å². The Labute approximate surface area is 146 Å². The van der Waals surface area contributed by atoms with E-state index < -0.39 is 0 Å². The van der Waals surface area contributed by atoms with Gasteiger partial charge in [-0.3, -0.25) is 4.98 Å². The molecule has 0 saturated carbocycles. The lowest BCUT2D eigenvalue weighted by molar-refractivity contribution is 0.174. The number of imidazole rings is 1. The van der Waals surface area contributed by atoms with Crippen molar-refractivity contribution in [1.29, 1.82) is 0 Å². The second-order valence-corrected chi connectivity index (χ2v) is 6.48. The van der Waals surface area contributed by atoms with Crippen LogP contribution in [0.15, 0.2) is 48.9 Å². The predicted molar refractivity (Wildman–Crippen MR) is 94.0 cm³/mol. The molecule has 1 N–H and O–H groups in total. The highest BCUT2D eigenvalue weighted by molar-refractivity contribution is 7.20. The van der Waals surface area contributed by atoms with Crippen LogP contribution >= 0.6 is 11.3 Å². The van der Waals surface area contributed by atoms with Crippen molar-refractivity contribution in [2.45, 2.75) is 6.54 Å². The van der Waals surface area contributed by atoms with Crippen molar-refractivity contribution < 1.29 is 9.47 Å². The first-order chi connectivity index (χ1) is 12.4. The summed E-state index contributed by atoms with van der Waals surface area (Å²) >= 11 is 1.52. The fourth-order valence-electron chi connectivity index (χ4n) is 2.71. The molecule has 8 heteroatoms.